The first-order valence-electron chi connectivity index (χ1n) is 8.30. The molecule has 2 aromatic rings. The molecule has 1 saturated carbocycles. The minimum atomic E-state index is 0.156. The molecule has 0 radical (unpaired) electrons. The Balaban J connectivity index is 1.49. The summed E-state index contributed by atoms with van der Waals surface area (Å²) < 4.78 is 0. The Morgan fingerprint density at radius 2 is 1.96 bits per heavy atom. The molecule has 1 N–H and O–H groups in total. The average molecular weight is 330 g/mol. The Labute approximate surface area is 140 Å². The van der Waals surface area contributed by atoms with E-state index in [4.69, 9.17) is 11.6 Å². The van der Waals surface area contributed by atoms with E-state index in [-0.39, 0.29) is 11.8 Å². The smallest absolute Gasteiger partial charge is 0.223 e. The van der Waals surface area contributed by atoms with Gasteiger partial charge in [0, 0.05) is 47.3 Å². The second-order valence-electron chi connectivity index (χ2n) is 6.54. The first-order valence-corrected chi connectivity index (χ1v) is 8.68. The number of nitrogens with one attached hydrogen (secondary N) is 1. The van der Waals surface area contributed by atoms with Crippen molar-refractivity contribution >= 4 is 34.1 Å². The van der Waals surface area contributed by atoms with Gasteiger partial charge in [0.15, 0.2) is 0 Å². The lowest BCUT2D eigenvalue weighted by Gasteiger charge is -2.33. The minimum absolute atomic E-state index is 0.156. The van der Waals surface area contributed by atoms with Crippen LogP contribution in [0.25, 0.3) is 10.9 Å². The quantitative estimate of drug-likeness (QED) is 0.939. The monoisotopic (exact) mass is 329 g/mol. The lowest BCUT2D eigenvalue weighted by molar-refractivity contribution is -0.125. The van der Waals surface area contributed by atoms with Gasteiger partial charge < -0.3 is 10.2 Å². The van der Waals surface area contributed by atoms with E-state index in [1.165, 1.54) is 5.69 Å². The Hall–Kier alpha value is -1.81. The molecule has 0 spiro atoms. The maximum absolute atomic E-state index is 12.2. The van der Waals surface area contributed by atoms with Gasteiger partial charge >= 0.3 is 0 Å². The van der Waals surface area contributed by atoms with Crippen LogP contribution >= 0.6 is 11.6 Å². The van der Waals surface area contributed by atoms with Crippen LogP contribution in [0, 0.1) is 5.92 Å². The molecule has 1 amide bonds. The van der Waals surface area contributed by atoms with E-state index >= 15 is 0 Å². The van der Waals surface area contributed by atoms with E-state index in [0.717, 1.165) is 54.7 Å². The molecule has 23 heavy (non-hydrogen) atoms. The molecule has 1 saturated heterocycles. The molecule has 1 aromatic heterocycles. The van der Waals surface area contributed by atoms with Crippen LogP contribution in [0.4, 0.5) is 5.69 Å². The van der Waals surface area contributed by atoms with Gasteiger partial charge in [0.1, 0.15) is 0 Å². The van der Waals surface area contributed by atoms with Crippen LogP contribution in [-0.4, -0.2) is 30.0 Å². The SMILES string of the molecule is O=C(NC1CC1)C1CCN(c2ccnc3ccc(Cl)cc23)CC1. The Morgan fingerprint density at radius 3 is 2.70 bits per heavy atom. The highest BCUT2D eigenvalue weighted by molar-refractivity contribution is 6.31. The van der Waals surface area contributed by atoms with Crippen LogP contribution in [0.5, 0.6) is 0 Å². The van der Waals surface area contributed by atoms with Gasteiger partial charge in [0.2, 0.25) is 5.91 Å². The Morgan fingerprint density at radius 1 is 1.17 bits per heavy atom. The number of pyridine rings is 1. The lowest BCUT2D eigenvalue weighted by atomic mass is 9.95. The molecule has 4 rings (SSSR count). The van der Waals surface area contributed by atoms with Crippen molar-refractivity contribution < 1.29 is 4.79 Å². The lowest BCUT2D eigenvalue weighted by Crippen LogP contribution is -2.41. The number of carbonyl (C=O) groups is 1. The number of hydrogen-bond donors (Lipinski definition) is 1. The summed E-state index contributed by atoms with van der Waals surface area (Å²) in [7, 11) is 0. The van der Waals surface area contributed by atoms with Crippen molar-refractivity contribution in [2.75, 3.05) is 18.0 Å². The van der Waals surface area contributed by atoms with Gasteiger partial charge in [-0.25, -0.2) is 0 Å². The molecule has 2 fully saturated rings. The highest BCUT2D eigenvalue weighted by atomic mass is 35.5. The third kappa shape index (κ3) is 3.13. The zero-order chi connectivity index (χ0) is 15.8. The number of piperidine rings is 1. The number of anilines is 1. The van der Waals surface area contributed by atoms with E-state index in [1.807, 2.05) is 30.5 Å². The summed E-state index contributed by atoms with van der Waals surface area (Å²) in [5, 5.41) is 4.94. The number of hydrogen-bond acceptors (Lipinski definition) is 3. The van der Waals surface area contributed by atoms with E-state index in [0.29, 0.717) is 6.04 Å². The van der Waals surface area contributed by atoms with E-state index < -0.39 is 0 Å². The summed E-state index contributed by atoms with van der Waals surface area (Å²) in [6.07, 6.45) is 5.95. The number of benzene rings is 1. The van der Waals surface area contributed by atoms with Gasteiger partial charge in [0.25, 0.3) is 0 Å². The van der Waals surface area contributed by atoms with Crippen LogP contribution in [0.3, 0.4) is 0 Å². The molecule has 120 valence electrons. The number of halogens is 1. The molecule has 0 unspecified atom stereocenters. The third-order valence-electron chi connectivity index (χ3n) is 4.81. The maximum atomic E-state index is 12.2. The largest absolute Gasteiger partial charge is 0.371 e. The van der Waals surface area contributed by atoms with Crippen molar-refractivity contribution in [3.8, 4) is 0 Å². The van der Waals surface area contributed by atoms with Gasteiger partial charge in [-0.1, -0.05) is 11.6 Å². The number of rotatable bonds is 3. The molecule has 0 atom stereocenters. The van der Waals surface area contributed by atoms with Crippen LogP contribution in [0.1, 0.15) is 25.7 Å². The molecule has 1 aliphatic heterocycles. The van der Waals surface area contributed by atoms with Crippen molar-refractivity contribution in [2.45, 2.75) is 31.7 Å². The first kappa shape index (κ1) is 14.8. The molecule has 1 aromatic carbocycles. The summed E-state index contributed by atoms with van der Waals surface area (Å²) >= 11 is 6.15. The predicted octanol–water partition coefficient (Wildman–Crippen LogP) is 3.38. The topological polar surface area (TPSA) is 45.2 Å². The number of aromatic nitrogens is 1. The van der Waals surface area contributed by atoms with Gasteiger partial charge in [-0.3, -0.25) is 9.78 Å². The maximum Gasteiger partial charge on any atom is 0.223 e. The van der Waals surface area contributed by atoms with Crippen molar-refractivity contribution in [1.82, 2.24) is 10.3 Å². The zero-order valence-corrected chi connectivity index (χ0v) is 13.7. The zero-order valence-electron chi connectivity index (χ0n) is 13.0. The summed E-state index contributed by atoms with van der Waals surface area (Å²) in [5.74, 6) is 0.401. The number of fused-ring (bicyclic) bond motifs is 1. The van der Waals surface area contributed by atoms with Gasteiger partial charge in [-0.2, -0.15) is 0 Å². The molecule has 2 aliphatic rings. The van der Waals surface area contributed by atoms with Crippen LogP contribution in [0.2, 0.25) is 5.02 Å². The summed E-state index contributed by atoms with van der Waals surface area (Å²) in [5.41, 5.74) is 2.12. The summed E-state index contributed by atoms with van der Waals surface area (Å²) in [4.78, 5) is 19.0. The molecular formula is C18H20ClN3O. The summed E-state index contributed by atoms with van der Waals surface area (Å²) in [6.45, 7) is 1.79. The predicted molar refractivity (Wildman–Crippen MR) is 92.9 cm³/mol. The van der Waals surface area contributed by atoms with Crippen LogP contribution in [0.15, 0.2) is 30.5 Å². The molecule has 5 heteroatoms. The van der Waals surface area contributed by atoms with Gasteiger partial charge in [-0.05, 0) is 49.9 Å². The fourth-order valence-electron chi connectivity index (χ4n) is 3.31. The molecular weight excluding hydrogens is 310 g/mol. The van der Waals surface area contributed by atoms with Crippen molar-refractivity contribution in [1.29, 1.82) is 0 Å². The van der Waals surface area contributed by atoms with Crippen molar-refractivity contribution in [3.63, 3.8) is 0 Å². The van der Waals surface area contributed by atoms with Crippen molar-refractivity contribution in [3.05, 3.63) is 35.5 Å². The second-order valence-corrected chi connectivity index (χ2v) is 6.97. The highest BCUT2D eigenvalue weighted by Gasteiger charge is 2.30. The number of nitrogens with zero attached hydrogens (tertiary/aromatic N) is 2. The minimum Gasteiger partial charge on any atom is -0.371 e. The molecule has 0 bridgehead atoms. The number of carbonyl (C=O) groups excluding carboxylic acids is 1. The molecule has 1 aliphatic carbocycles. The van der Waals surface area contributed by atoms with Crippen molar-refractivity contribution in [2.24, 2.45) is 5.92 Å². The Bertz CT molecular complexity index is 736. The van der Waals surface area contributed by atoms with Crippen LogP contribution < -0.4 is 10.2 Å². The Kier molecular flexibility index (Phi) is 3.85. The first-order chi connectivity index (χ1) is 11.2. The van der Waals surface area contributed by atoms with Gasteiger partial charge in [-0.15, -0.1) is 0 Å². The van der Waals surface area contributed by atoms with E-state index in [2.05, 4.69) is 15.2 Å². The fraction of sp³-hybridized carbons (Fsp3) is 0.444. The second kappa shape index (κ2) is 6.00. The normalized spacial score (nSPS) is 19.1. The standard InChI is InChI=1S/C18H20ClN3O/c19-13-1-4-16-15(11-13)17(5-8-20-16)22-9-6-12(7-10-22)18(23)21-14-2-3-14/h1,4-5,8,11-12,14H,2-3,6-7,9-10H2,(H,21,23). The van der Waals surface area contributed by atoms with E-state index in [9.17, 15) is 4.79 Å². The number of amides is 1. The van der Waals surface area contributed by atoms with Gasteiger partial charge in [0.05, 0.1) is 5.52 Å². The average Bonchev–Trinajstić information content (AvgIpc) is 3.38. The molecule has 2 heterocycles. The van der Waals surface area contributed by atoms with E-state index in [1.54, 1.807) is 0 Å². The summed E-state index contributed by atoms with van der Waals surface area (Å²) in [6, 6.07) is 8.30. The van der Waals surface area contributed by atoms with Crippen LogP contribution in [-0.2, 0) is 4.79 Å². The highest BCUT2D eigenvalue weighted by Crippen LogP contribution is 2.31. The third-order valence-corrected chi connectivity index (χ3v) is 5.05. The molecule has 4 nitrogen and oxygen atoms in total. The fourth-order valence-corrected chi connectivity index (χ4v) is 3.48.